The summed E-state index contributed by atoms with van der Waals surface area (Å²) in [6.45, 7) is 4.98. The number of rotatable bonds is 5. The third-order valence-electron chi connectivity index (χ3n) is 2.69. The fraction of sp³-hybridized carbons (Fsp3) is 0.385. The van der Waals surface area contributed by atoms with E-state index in [1.807, 2.05) is 19.3 Å². The number of aromatic nitrogens is 2. The minimum absolute atomic E-state index is 0.220. The monoisotopic (exact) mass is 325 g/mol. The first-order valence-electron chi connectivity index (χ1n) is 5.94. The van der Waals surface area contributed by atoms with Gasteiger partial charge < -0.3 is 5.32 Å². The van der Waals surface area contributed by atoms with Crippen LogP contribution in [0.2, 0.25) is 0 Å². The SMILES string of the molecule is CCNC(Cc1sccc1Br)c1cnc(C)cn1. The van der Waals surface area contributed by atoms with Crippen LogP contribution < -0.4 is 5.32 Å². The van der Waals surface area contributed by atoms with Gasteiger partial charge in [-0.1, -0.05) is 6.92 Å². The molecule has 2 heterocycles. The number of hydrogen-bond donors (Lipinski definition) is 1. The zero-order chi connectivity index (χ0) is 13.0. The Kier molecular flexibility index (Phi) is 4.86. The maximum atomic E-state index is 4.47. The van der Waals surface area contributed by atoms with Crippen LogP contribution in [0.5, 0.6) is 0 Å². The molecule has 5 heteroatoms. The first-order chi connectivity index (χ1) is 8.70. The summed E-state index contributed by atoms with van der Waals surface area (Å²) >= 11 is 5.34. The predicted molar refractivity (Wildman–Crippen MR) is 78.9 cm³/mol. The molecule has 0 aliphatic rings. The molecule has 96 valence electrons. The van der Waals surface area contributed by atoms with E-state index in [0.717, 1.165) is 24.4 Å². The van der Waals surface area contributed by atoms with Crippen LogP contribution in [-0.2, 0) is 6.42 Å². The van der Waals surface area contributed by atoms with Gasteiger partial charge in [0.25, 0.3) is 0 Å². The number of hydrogen-bond acceptors (Lipinski definition) is 4. The van der Waals surface area contributed by atoms with Crippen molar-refractivity contribution in [3.05, 3.63) is 44.6 Å². The molecule has 0 fully saturated rings. The van der Waals surface area contributed by atoms with Crippen molar-refractivity contribution in [3.63, 3.8) is 0 Å². The van der Waals surface area contributed by atoms with E-state index in [2.05, 4.69) is 49.6 Å². The number of aryl methyl sites for hydroxylation is 1. The van der Waals surface area contributed by atoms with E-state index in [9.17, 15) is 0 Å². The standard InChI is InChI=1S/C13H16BrN3S/c1-3-15-11(6-13-10(14)4-5-18-13)12-8-16-9(2)7-17-12/h4-5,7-8,11,15H,3,6H2,1-2H3. The Bertz CT molecular complexity index is 495. The summed E-state index contributed by atoms with van der Waals surface area (Å²) in [5.41, 5.74) is 1.95. The largest absolute Gasteiger partial charge is 0.309 e. The van der Waals surface area contributed by atoms with E-state index < -0.39 is 0 Å². The normalized spacial score (nSPS) is 12.6. The third-order valence-corrected chi connectivity index (χ3v) is 4.64. The quantitative estimate of drug-likeness (QED) is 0.914. The molecular weight excluding hydrogens is 310 g/mol. The lowest BCUT2D eigenvalue weighted by molar-refractivity contribution is 0.537. The number of thiophene rings is 1. The van der Waals surface area contributed by atoms with E-state index in [1.54, 1.807) is 11.3 Å². The molecule has 0 bridgehead atoms. The van der Waals surface area contributed by atoms with Crippen LogP contribution >= 0.6 is 27.3 Å². The van der Waals surface area contributed by atoms with Crippen molar-refractivity contribution in [2.24, 2.45) is 0 Å². The molecule has 0 aromatic carbocycles. The molecule has 0 saturated heterocycles. The minimum atomic E-state index is 0.220. The lowest BCUT2D eigenvalue weighted by atomic mass is 10.1. The lowest BCUT2D eigenvalue weighted by Crippen LogP contribution is -2.24. The fourth-order valence-electron chi connectivity index (χ4n) is 1.77. The number of halogens is 1. The van der Waals surface area contributed by atoms with E-state index in [-0.39, 0.29) is 6.04 Å². The van der Waals surface area contributed by atoms with E-state index in [4.69, 9.17) is 0 Å². The van der Waals surface area contributed by atoms with Crippen LogP contribution in [0.3, 0.4) is 0 Å². The number of likely N-dealkylation sites (N-methyl/N-ethyl adjacent to an activating group) is 1. The van der Waals surface area contributed by atoms with Crippen molar-refractivity contribution < 1.29 is 0 Å². The first-order valence-corrected chi connectivity index (χ1v) is 7.61. The van der Waals surface area contributed by atoms with E-state index in [1.165, 1.54) is 9.35 Å². The van der Waals surface area contributed by atoms with Crippen molar-refractivity contribution >= 4 is 27.3 Å². The van der Waals surface area contributed by atoms with Gasteiger partial charge in [0.15, 0.2) is 0 Å². The van der Waals surface area contributed by atoms with Crippen LogP contribution in [0.1, 0.15) is 29.2 Å². The van der Waals surface area contributed by atoms with Gasteiger partial charge in [-0.05, 0) is 40.8 Å². The maximum absolute atomic E-state index is 4.47. The van der Waals surface area contributed by atoms with Gasteiger partial charge in [0.2, 0.25) is 0 Å². The highest BCUT2D eigenvalue weighted by Crippen LogP contribution is 2.27. The number of nitrogens with one attached hydrogen (secondary N) is 1. The van der Waals surface area contributed by atoms with Crippen molar-refractivity contribution in [1.29, 1.82) is 0 Å². The Hall–Kier alpha value is -0.780. The molecule has 1 N–H and O–H groups in total. The molecule has 0 aliphatic heterocycles. The van der Waals surface area contributed by atoms with Gasteiger partial charge in [0.05, 0.1) is 23.6 Å². The highest BCUT2D eigenvalue weighted by Gasteiger charge is 2.15. The summed E-state index contributed by atoms with van der Waals surface area (Å²) in [7, 11) is 0. The summed E-state index contributed by atoms with van der Waals surface area (Å²) < 4.78 is 1.18. The summed E-state index contributed by atoms with van der Waals surface area (Å²) in [5.74, 6) is 0. The molecule has 0 aliphatic carbocycles. The summed E-state index contributed by atoms with van der Waals surface area (Å²) in [6, 6.07) is 2.31. The fourth-order valence-corrected chi connectivity index (χ4v) is 3.33. The van der Waals surface area contributed by atoms with Gasteiger partial charge in [0.1, 0.15) is 0 Å². The predicted octanol–water partition coefficient (Wildman–Crippen LogP) is 3.50. The van der Waals surface area contributed by atoms with Crippen molar-refractivity contribution in [1.82, 2.24) is 15.3 Å². The molecule has 0 radical (unpaired) electrons. The maximum Gasteiger partial charge on any atom is 0.0760 e. The molecular formula is C13H16BrN3S. The van der Waals surface area contributed by atoms with E-state index in [0.29, 0.717) is 0 Å². The van der Waals surface area contributed by atoms with Crippen LogP contribution in [0, 0.1) is 6.92 Å². The average molecular weight is 326 g/mol. The molecule has 18 heavy (non-hydrogen) atoms. The second-order valence-electron chi connectivity index (χ2n) is 4.09. The molecule has 2 aromatic heterocycles. The Morgan fingerprint density at radius 3 is 2.78 bits per heavy atom. The first kappa shape index (κ1) is 13.6. The van der Waals surface area contributed by atoms with Crippen LogP contribution in [0.25, 0.3) is 0 Å². The molecule has 0 saturated carbocycles. The molecule has 2 aromatic rings. The third kappa shape index (κ3) is 3.37. The highest BCUT2D eigenvalue weighted by atomic mass is 79.9. The lowest BCUT2D eigenvalue weighted by Gasteiger charge is -2.16. The Balaban J connectivity index is 2.18. The smallest absolute Gasteiger partial charge is 0.0760 e. The Morgan fingerprint density at radius 1 is 1.39 bits per heavy atom. The number of nitrogens with zero attached hydrogens (tertiary/aromatic N) is 2. The zero-order valence-electron chi connectivity index (χ0n) is 10.5. The molecule has 1 atom stereocenters. The molecule has 0 amide bonds. The van der Waals surface area contributed by atoms with Crippen molar-refractivity contribution in [3.8, 4) is 0 Å². The molecule has 0 spiro atoms. The van der Waals surface area contributed by atoms with E-state index >= 15 is 0 Å². The second-order valence-corrected chi connectivity index (χ2v) is 5.94. The van der Waals surface area contributed by atoms with Crippen LogP contribution in [0.15, 0.2) is 28.3 Å². The van der Waals surface area contributed by atoms with Gasteiger partial charge >= 0.3 is 0 Å². The Morgan fingerprint density at radius 2 is 2.22 bits per heavy atom. The summed E-state index contributed by atoms with van der Waals surface area (Å²) in [6.07, 6.45) is 4.62. The molecule has 2 rings (SSSR count). The topological polar surface area (TPSA) is 37.8 Å². The van der Waals surface area contributed by atoms with Crippen molar-refractivity contribution in [2.45, 2.75) is 26.3 Å². The van der Waals surface area contributed by atoms with Crippen LogP contribution in [-0.4, -0.2) is 16.5 Å². The average Bonchev–Trinajstić information content (AvgIpc) is 2.76. The van der Waals surface area contributed by atoms with Crippen LogP contribution in [0.4, 0.5) is 0 Å². The minimum Gasteiger partial charge on any atom is -0.309 e. The second kappa shape index (κ2) is 6.41. The summed E-state index contributed by atoms with van der Waals surface area (Å²) in [4.78, 5) is 10.1. The van der Waals surface area contributed by atoms with Gasteiger partial charge in [-0.15, -0.1) is 11.3 Å². The van der Waals surface area contributed by atoms with Gasteiger partial charge in [-0.2, -0.15) is 0 Å². The Labute approximate surface area is 120 Å². The molecule has 3 nitrogen and oxygen atoms in total. The zero-order valence-corrected chi connectivity index (χ0v) is 12.9. The highest BCUT2D eigenvalue weighted by molar-refractivity contribution is 9.10. The summed E-state index contributed by atoms with van der Waals surface area (Å²) in [5, 5.41) is 5.57. The van der Waals surface area contributed by atoms with Gasteiger partial charge in [0, 0.05) is 22.0 Å². The van der Waals surface area contributed by atoms with Gasteiger partial charge in [-0.25, -0.2) is 0 Å². The van der Waals surface area contributed by atoms with Crippen molar-refractivity contribution in [2.75, 3.05) is 6.54 Å². The van der Waals surface area contributed by atoms with Gasteiger partial charge in [-0.3, -0.25) is 9.97 Å². The molecule has 1 unspecified atom stereocenters.